The number of aromatic nitrogens is 2. The van der Waals surface area contributed by atoms with E-state index in [0.717, 1.165) is 43.4 Å². The SMILES string of the molecule is O=C(Nc1nc2ccccc2[nH]1)c1cc([N+](=O)[O-])ccc1N1CCCCC1. The Labute approximate surface area is 155 Å². The van der Waals surface area contributed by atoms with Gasteiger partial charge in [0.1, 0.15) is 0 Å². The van der Waals surface area contributed by atoms with Crippen molar-refractivity contribution in [1.29, 1.82) is 0 Å². The number of amides is 1. The number of benzene rings is 2. The van der Waals surface area contributed by atoms with Crippen LogP contribution in [0, 0.1) is 10.1 Å². The van der Waals surface area contributed by atoms with Gasteiger partial charge in [-0.1, -0.05) is 12.1 Å². The lowest BCUT2D eigenvalue weighted by atomic mass is 10.1. The molecular weight excluding hydrogens is 346 g/mol. The number of imidazole rings is 1. The molecule has 1 aromatic heterocycles. The first-order chi connectivity index (χ1) is 13.1. The molecule has 0 bridgehead atoms. The fourth-order valence-corrected chi connectivity index (χ4v) is 3.42. The van der Waals surface area contributed by atoms with E-state index in [-0.39, 0.29) is 11.3 Å². The molecule has 4 rings (SSSR count). The van der Waals surface area contributed by atoms with Gasteiger partial charge in [-0.25, -0.2) is 4.98 Å². The highest BCUT2D eigenvalue weighted by molar-refractivity contribution is 6.08. The Morgan fingerprint density at radius 3 is 2.67 bits per heavy atom. The van der Waals surface area contributed by atoms with Gasteiger partial charge in [0.2, 0.25) is 5.95 Å². The van der Waals surface area contributed by atoms with Gasteiger partial charge in [0.05, 0.1) is 27.2 Å². The first-order valence-electron chi connectivity index (χ1n) is 8.91. The molecule has 138 valence electrons. The number of fused-ring (bicyclic) bond motifs is 1. The number of aromatic amines is 1. The maximum absolute atomic E-state index is 12.9. The Bertz CT molecular complexity index is 975. The number of nitrogens with zero attached hydrogens (tertiary/aromatic N) is 3. The van der Waals surface area contributed by atoms with Crippen molar-refractivity contribution in [1.82, 2.24) is 9.97 Å². The second-order valence-electron chi connectivity index (χ2n) is 6.56. The molecule has 0 atom stereocenters. The number of nitrogens with one attached hydrogen (secondary N) is 2. The van der Waals surface area contributed by atoms with Gasteiger partial charge in [0.15, 0.2) is 0 Å². The Morgan fingerprint density at radius 1 is 1.15 bits per heavy atom. The van der Waals surface area contributed by atoms with E-state index in [2.05, 4.69) is 20.2 Å². The average molecular weight is 365 g/mol. The molecular formula is C19H19N5O3. The maximum Gasteiger partial charge on any atom is 0.270 e. The third-order valence-electron chi connectivity index (χ3n) is 4.75. The molecule has 27 heavy (non-hydrogen) atoms. The van der Waals surface area contributed by atoms with Crippen molar-refractivity contribution in [2.24, 2.45) is 0 Å². The van der Waals surface area contributed by atoms with Crippen LogP contribution in [0.2, 0.25) is 0 Å². The molecule has 2 aromatic carbocycles. The summed E-state index contributed by atoms with van der Waals surface area (Å²) in [5, 5.41) is 13.9. The van der Waals surface area contributed by atoms with Crippen LogP contribution in [-0.4, -0.2) is 33.9 Å². The second kappa shape index (κ2) is 7.06. The van der Waals surface area contributed by atoms with Gasteiger partial charge < -0.3 is 9.88 Å². The van der Waals surface area contributed by atoms with Gasteiger partial charge in [-0.15, -0.1) is 0 Å². The van der Waals surface area contributed by atoms with Gasteiger partial charge in [0, 0.05) is 25.2 Å². The minimum atomic E-state index is -0.488. The summed E-state index contributed by atoms with van der Waals surface area (Å²) in [6.07, 6.45) is 3.24. The zero-order valence-corrected chi connectivity index (χ0v) is 14.6. The van der Waals surface area contributed by atoms with Crippen molar-refractivity contribution >= 4 is 34.3 Å². The Morgan fingerprint density at radius 2 is 1.93 bits per heavy atom. The number of piperidine rings is 1. The minimum Gasteiger partial charge on any atom is -0.371 e. The normalized spacial score (nSPS) is 14.3. The molecule has 1 amide bonds. The summed E-state index contributed by atoms with van der Waals surface area (Å²) in [4.78, 5) is 33.1. The second-order valence-corrected chi connectivity index (χ2v) is 6.56. The number of nitro benzene ring substituents is 1. The van der Waals surface area contributed by atoms with Crippen LogP contribution in [-0.2, 0) is 0 Å². The number of anilines is 2. The van der Waals surface area contributed by atoms with Crippen molar-refractivity contribution in [3.8, 4) is 0 Å². The van der Waals surface area contributed by atoms with Gasteiger partial charge in [0.25, 0.3) is 11.6 Å². The summed E-state index contributed by atoms with van der Waals surface area (Å²) >= 11 is 0. The van der Waals surface area contributed by atoms with Gasteiger partial charge in [-0.05, 0) is 37.5 Å². The molecule has 2 heterocycles. The summed E-state index contributed by atoms with van der Waals surface area (Å²) in [5.41, 5.74) is 2.44. The fourth-order valence-electron chi connectivity index (χ4n) is 3.42. The molecule has 1 aliphatic rings. The number of hydrogen-bond donors (Lipinski definition) is 2. The number of nitro groups is 1. The summed E-state index contributed by atoms with van der Waals surface area (Å²) in [6.45, 7) is 1.67. The predicted octanol–water partition coefficient (Wildman–Crippen LogP) is 3.71. The van der Waals surface area contributed by atoms with E-state index in [1.807, 2.05) is 24.3 Å². The van der Waals surface area contributed by atoms with Crippen LogP contribution >= 0.6 is 0 Å². The van der Waals surface area contributed by atoms with Crippen LogP contribution in [0.1, 0.15) is 29.6 Å². The Balaban J connectivity index is 1.67. The molecule has 1 fully saturated rings. The Hall–Kier alpha value is -3.42. The van der Waals surface area contributed by atoms with Crippen LogP contribution in [0.4, 0.5) is 17.3 Å². The van der Waals surface area contributed by atoms with E-state index < -0.39 is 10.8 Å². The number of rotatable bonds is 4. The number of non-ortho nitro benzene ring substituents is 1. The molecule has 0 spiro atoms. The van der Waals surface area contributed by atoms with Crippen LogP contribution in [0.5, 0.6) is 0 Å². The Kier molecular flexibility index (Phi) is 4.45. The first-order valence-corrected chi connectivity index (χ1v) is 8.91. The van der Waals surface area contributed by atoms with Crippen molar-refractivity contribution in [3.05, 3.63) is 58.1 Å². The van der Waals surface area contributed by atoms with E-state index >= 15 is 0 Å². The van der Waals surface area contributed by atoms with Gasteiger partial charge >= 0.3 is 0 Å². The van der Waals surface area contributed by atoms with E-state index in [0.29, 0.717) is 11.6 Å². The van der Waals surface area contributed by atoms with Crippen LogP contribution < -0.4 is 10.2 Å². The number of hydrogen-bond acceptors (Lipinski definition) is 5. The quantitative estimate of drug-likeness (QED) is 0.542. The third-order valence-corrected chi connectivity index (χ3v) is 4.75. The zero-order valence-electron chi connectivity index (χ0n) is 14.6. The largest absolute Gasteiger partial charge is 0.371 e. The smallest absolute Gasteiger partial charge is 0.270 e. The van der Waals surface area contributed by atoms with Crippen LogP contribution in [0.15, 0.2) is 42.5 Å². The zero-order chi connectivity index (χ0) is 18.8. The number of carbonyl (C=O) groups excluding carboxylic acids is 1. The molecule has 1 aliphatic heterocycles. The van der Waals surface area contributed by atoms with E-state index in [9.17, 15) is 14.9 Å². The monoisotopic (exact) mass is 365 g/mol. The third kappa shape index (κ3) is 3.46. The number of H-pyrrole nitrogens is 1. The van der Waals surface area contributed by atoms with E-state index in [1.165, 1.54) is 12.1 Å². The molecule has 1 saturated heterocycles. The van der Waals surface area contributed by atoms with E-state index in [4.69, 9.17) is 0 Å². The summed E-state index contributed by atoms with van der Waals surface area (Å²) in [6, 6.07) is 11.9. The summed E-state index contributed by atoms with van der Waals surface area (Å²) in [7, 11) is 0. The standard InChI is InChI=1S/C19H19N5O3/c25-18(22-19-20-15-6-2-3-7-16(15)21-19)14-12-13(24(26)27)8-9-17(14)23-10-4-1-5-11-23/h2-3,6-9,12H,1,4-5,10-11H2,(H2,20,21,22,25). The molecule has 3 aromatic rings. The predicted molar refractivity (Wildman–Crippen MR) is 103 cm³/mol. The molecule has 0 aliphatic carbocycles. The van der Waals surface area contributed by atoms with E-state index in [1.54, 1.807) is 6.07 Å². The first kappa shape index (κ1) is 17.0. The summed E-state index contributed by atoms with van der Waals surface area (Å²) < 4.78 is 0. The molecule has 0 saturated carbocycles. The van der Waals surface area contributed by atoms with Crippen molar-refractivity contribution in [3.63, 3.8) is 0 Å². The number of carbonyl (C=O) groups is 1. The van der Waals surface area contributed by atoms with Crippen molar-refractivity contribution in [2.45, 2.75) is 19.3 Å². The molecule has 2 N–H and O–H groups in total. The fraction of sp³-hybridized carbons (Fsp3) is 0.263. The topological polar surface area (TPSA) is 104 Å². The minimum absolute atomic E-state index is 0.106. The van der Waals surface area contributed by atoms with Crippen molar-refractivity contribution in [2.75, 3.05) is 23.3 Å². The molecule has 0 radical (unpaired) electrons. The van der Waals surface area contributed by atoms with Crippen LogP contribution in [0.3, 0.4) is 0 Å². The number of para-hydroxylation sites is 2. The molecule has 8 nitrogen and oxygen atoms in total. The average Bonchev–Trinajstić information content (AvgIpc) is 3.10. The van der Waals surface area contributed by atoms with Crippen LogP contribution in [0.25, 0.3) is 11.0 Å². The summed E-state index contributed by atoms with van der Waals surface area (Å²) in [5.74, 6) is -0.101. The van der Waals surface area contributed by atoms with Crippen molar-refractivity contribution < 1.29 is 9.72 Å². The molecule has 8 heteroatoms. The lowest BCUT2D eigenvalue weighted by Gasteiger charge is -2.30. The van der Waals surface area contributed by atoms with Gasteiger partial charge in [-0.3, -0.25) is 20.2 Å². The highest BCUT2D eigenvalue weighted by Crippen LogP contribution is 2.28. The maximum atomic E-state index is 12.9. The lowest BCUT2D eigenvalue weighted by molar-refractivity contribution is -0.384. The van der Waals surface area contributed by atoms with Gasteiger partial charge in [-0.2, -0.15) is 0 Å². The lowest BCUT2D eigenvalue weighted by Crippen LogP contribution is -2.31. The highest BCUT2D eigenvalue weighted by atomic mass is 16.6. The molecule has 0 unspecified atom stereocenters. The highest BCUT2D eigenvalue weighted by Gasteiger charge is 2.22.